The Morgan fingerprint density at radius 3 is 3.09 bits per heavy atom. The second kappa shape index (κ2) is 6.36. The average molecular weight is 320 g/mol. The van der Waals surface area contributed by atoms with Gasteiger partial charge in [0.15, 0.2) is 5.69 Å². The molecule has 22 heavy (non-hydrogen) atoms. The Hall–Kier alpha value is -2.08. The van der Waals surface area contributed by atoms with E-state index in [0.717, 1.165) is 30.2 Å². The van der Waals surface area contributed by atoms with E-state index in [0.29, 0.717) is 23.9 Å². The molecule has 2 heterocycles. The Labute approximate surface area is 133 Å². The van der Waals surface area contributed by atoms with Gasteiger partial charge < -0.3 is 10.2 Å². The van der Waals surface area contributed by atoms with Gasteiger partial charge in [0.1, 0.15) is 0 Å². The maximum absolute atomic E-state index is 12.0. The summed E-state index contributed by atoms with van der Waals surface area (Å²) in [5, 5.41) is 13.9. The number of hydrogen-bond acceptors (Lipinski definition) is 4. The number of aromatic amines is 1. The van der Waals surface area contributed by atoms with E-state index in [4.69, 9.17) is 11.6 Å². The zero-order chi connectivity index (χ0) is 15.5. The van der Waals surface area contributed by atoms with Crippen molar-refractivity contribution in [3.05, 3.63) is 40.7 Å². The molecule has 0 aliphatic carbocycles. The van der Waals surface area contributed by atoms with E-state index in [1.807, 2.05) is 18.2 Å². The summed E-state index contributed by atoms with van der Waals surface area (Å²) in [4.78, 5) is 14.3. The van der Waals surface area contributed by atoms with Crippen LogP contribution in [0.5, 0.6) is 0 Å². The second-order valence-corrected chi connectivity index (χ2v) is 5.98. The molecular formula is C15H18ClN5O. The molecule has 0 radical (unpaired) electrons. The van der Waals surface area contributed by atoms with Gasteiger partial charge in [0.25, 0.3) is 5.91 Å². The number of aryl methyl sites for hydroxylation is 1. The highest BCUT2D eigenvalue weighted by Gasteiger charge is 2.24. The van der Waals surface area contributed by atoms with E-state index in [9.17, 15) is 4.79 Å². The number of halogens is 1. The third kappa shape index (κ3) is 3.22. The lowest BCUT2D eigenvalue weighted by atomic mass is 10.1. The summed E-state index contributed by atoms with van der Waals surface area (Å²) in [5.41, 5.74) is 2.11. The number of rotatable bonds is 4. The van der Waals surface area contributed by atoms with Gasteiger partial charge in [0.2, 0.25) is 0 Å². The molecule has 1 saturated heterocycles. The van der Waals surface area contributed by atoms with Crippen molar-refractivity contribution >= 4 is 23.2 Å². The molecule has 0 bridgehead atoms. The zero-order valence-corrected chi connectivity index (χ0v) is 13.1. The summed E-state index contributed by atoms with van der Waals surface area (Å²) in [6, 6.07) is 7.87. The lowest BCUT2D eigenvalue weighted by Gasteiger charge is -2.19. The van der Waals surface area contributed by atoms with Gasteiger partial charge in [-0.05, 0) is 37.5 Å². The molecule has 1 aliphatic heterocycles. The third-order valence-corrected chi connectivity index (χ3v) is 4.18. The van der Waals surface area contributed by atoms with Gasteiger partial charge in [-0.2, -0.15) is 15.4 Å². The molecule has 3 rings (SSSR count). The van der Waals surface area contributed by atoms with Crippen molar-refractivity contribution < 1.29 is 4.79 Å². The number of amides is 1. The van der Waals surface area contributed by atoms with Crippen molar-refractivity contribution in [2.75, 3.05) is 24.5 Å². The molecular weight excluding hydrogens is 302 g/mol. The number of hydrogen-bond donors (Lipinski definition) is 2. The Balaban J connectivity index is 1.53. The third-order valence-electron chi connectivity index (χ3n) is 3.95. The van der Waals surface area contributed by atoms with E-state index in [1.165, 1.54) is 0 Å². The van der Waals surface area contributed by atoms with Crippen LogP contribution in [0, 0.1) is 12.8 Å². The summed E-state index contributed by atoms with van der Waals surface area (Å²) in [5.74, 6) is 0.252. The summed E-state index contributed by atoms with van der Waals surface area (Å²) in [6.45, 7) is 4.29. The second-order valence-electron chi connectivity index (χ2n) is 5.55. The number of carbonyl (C=O) groups is 1. The Bertz CT molecular complexity index is 671. The normalized spacial score (nSPS) is 17.7. The van der Waals surface area contributed by atoms with Crippen molar-refractivity contribution in [2.24, 2.45) is 5.92 Å². The lowest BCUT2D eigenvalue weighted by molar-refractivity contribution is 0.0942. The Morgan fingerprint density at radius 1 is 1.50 bits per heavy atom. The molecule has 1 amide bonds. The topological polar surface area (TPSA) is 73.9 Å². The van der Waals surface area contributed by atoms with Crippen LogP contribution in [-0.4, -0.2) is 41.0 Å². The fourth-order valence-electron chi connectivity index (χ4n) is 2.73. The van der Waals surface area contributed by atoms with Crippen LogP contribution >= 0.6 is 11.6 Å². The molecule has 1 aromatic carbocycles. The number of anilines is 1. The SMILES string of the molecule is Cc1n[nH]nc1C(=O)NCC1CCN(c2cccc(Cl)c2)C1. The van der Waals surface area contributed by atoms with Gasteiger partial charge in [-0.25, -0.2) is 0 Å². The predicted octanol–water partition coefficient (Wildman–Crippen LogP) is 2.02. The summed E-state index contributed by atoms with van der Waals surface area (Å²) >= 11 is 6.03. The first-order valence-corrected chi connectivity index (χ1v) is 7.67. The van der Waals surface area contributed by atoms with E-state index in [-0.39, 0.29) is 5.91 Å². The number of benzene rings is 1. The van der Waals surface area contributed by atoms with Crippen LogP contribution < -0.4 is 10.2 Å². The molecule has 7 heteroatoms. The van der Waals surface area contributed by atoms with Crippen molar-refractivity contribution in [1.82, 2.24) is 20.7 Å². The maximum Gasteiger partial charge on any atom is 0.273 e. The van der Waals surface area contributed by atoms with Gasteiger partial charge in [-0.3, -0.25) is 4.79 Å². The molecule has 2 N–H and O–H groups in total. The molecule has 0 saturated carbocycles. The minimum atomic E-state index is -0.174. The van der Waals surface area contributed by atoms with Gasteiger partial charge in [-0.1, -0.05) is 17.7 Å². The van der Waals surface area contributed by atoms with Crippen LogP contribution in [0.25, 0.3) is 0 Å². The monoisotopic (exact) mass is 319 g/mol. The van der Waals surface area contributed by atoms with Crippen LogP contribution in [0.3, 0.4) is 0 Å². The fraction of sp³-hybridized carbons (Fsp3) is 0.400. The van der Waals surface area contributed by atoms with Crippen molar-refractivity contribution in [1.29, 1.82) is 0 Å². The van der Waals surface area contributed by atoms with E-state index >= 15 is 0 Å². The molecule has 6 nitrogen and oxygen atoms in total. The molecule has 2 aromatic rings. The van der Waals surface area contributed by atoms with Gasteiger partial charge >= 0.3 is 0 Å². The summed E-state index contributed by atoms with van der Waals surface area (Å²) in [7, 11) is 0. The summed E-state index contributed by atoms with van der Waals surface area (Å²) in [6.07, 6.45) is 1.05. The minimum Gasteiger partial charge on any atom is -0.371 e. The number of aromatic nitrogens is 3. The van der Waals surface area contributed by atoms with Gasteiger partial charge in [-0.15, -0.1) is 0 Å². The smallest absolute Gasteiger partial charge is 0.273 e. The molecule has 116 valence electrons. The number of H-pyrrole nitrogens is 1. The maximum atomic E-state index is 12.0. The van der Waals surface area contributed by atoms with Crippen molar-refractivity contribution in [3.63, 3.8) is 0 Å². The standard InChI is InChI=1S/C15H18ClN5O/c1-10-14(19-20-18-10)15(22)17-8-11-5-6-21(9-11)13-4-2-3-12(16)7-13/h2-4,7,11H,5-6,8-9H2,1H3,(H,17,22)(H,18,19,20). The number of nitrogens with zero attached hydrogens (tertiary/aromatic N) is 3. The quantitative estimate of drug-likeness (QED) is 0.904. The Kier molecular flexibility index (Phi) is 4.29. The highest BCUT2D eigenvalue weighted by molar-refractivity contribution is 6.30. The fourth-order valence-corrected chi connectivity index (χ4v) is 2.91. The predicted molar refractivity (Wildman–Crippen MR) is 85.2 cm³/mol. The summed E-state index contributed by atoms with van der Waals surface area (Å²) < 4.78 is 0. The number of carbonyl (C=O) groups excluding carboxylic acids is 1. The van der Waals surface area contributed by atoms with Gasteiger partial charge in [0, 0.05) is 30.3 Å². The minimum absolute atomic E-state index is 0.174. The lowest BCUT2D eigenvalue weighted by Crippen LogP contribution is -2.31. The van der Waals surface area contributed by atoms with Crippen molar-refractivity contribution in [2.45, 2.75) is 13.3 Å². The van der Waals surface area contributed by atoms with Crippen LogP contribution in [-0.2, 0) is 0 Å². The first-order chi connectivity index (χ1) is 10.6. The molecule has 1 aliphatic rings. The van der Waals surface area contributed by atoms with Crippen LogP contribution in [0.15, 0.2) is 24.3 Å². The van der Waals surface area contributed by atoms with Crippen molar-refractivity contribution in [3.8, 4) is 0 Å². The average Bonchev–Trinajstić information content (AvgIpc) is 3.14. The largest absolute Gasteiger partial charge is 0.371 e. The van der Waals surface area contributed by atoms with Crippen LogP contribution in [0.1, 0.15) is 22.6 Å². The van der Waals surface area contributed by atoms with Gasteiger partial charge in [0.05, 0.1) is 5.69 Å². The van der Waals surface area contributed by atoms with Crippen LogP contribution in [0.4, 0.5) is 5.69 Å². The van der Waals surface area contributed by atoms with E-state index < -0.39 is 0 Å². The number of nitrogens with one attached hydrogen (secondary N) is 2. The molecule has 1 fully saturated rings. The van der Waals surface area contributed by atoms with E-state index in [2.05, 4.69) is 31.7 Å². The molecule has 0 spiro atoms. The Morgan fingerprint density at radius 2 is 2.36 bits per heavy atom. The molecule has 1 unspecified atom stereocenters. The van der Waals surface area contributed by atoms with Crippen LogP contribution in [0.2, 0.25) is 5.02 Å². The highest BCUT2D eigenvalue weighted by Crippen LogP contribution is 2.25. The molecule has 1 aromatic heterocycles. The highest BCUT2D eigenvalue weighted by atomic mass is 35.5. The van der Waals surface area contributed by atoms with E-state index in [1.54, 1.807) is 6.92 Å². The first kappa shape index (κ1) is 14.8. The molecule has 1 atom stereocenters. The first-order valence-electron chi connectivity index (χ1n) is 7.29. The zero-order valence-electron chi connectivity index (χ0n) is 12.3.